The number of nitro benzene ring substituents is 1. The maximum Gasteiger partial charge on any atom is 0.408 e. The molecule has 2 N–H and O–H groups in total. The molecule has 0 aliphatic carbocycles. The predicted octanol–water partition coefficient (Wildman–Crippen LogP) is 1.92. The highest BCUT2D eigenvalue weighted by molar-refractivity contribution is 5.89. The number of nitrogens with zero attached hydrogens (tertiary/aromatic N) is 2. The van der Waals surface area contributed by atoms with Crippen molar-refractivity contribution in [2.75, 3.05) is 13.7 Å². The second kappa shape index (κ2) is 7.89. The number of nitro groups is 1. The van der Waals surface area contributed by atoms with Crippen molar-refractivity contribution in [3.05, 3.63) is 28.4 Å². The molecule has 1 atom stereocenters. The molecule has 0 radical (unpaired) electrons. The molecule has 1 aromatic carbocycles. The van der Waals surface area contributed by atoms with E-state index in [9.17, 15) is 19.7 Å². The average molecular weight is 380 g/mol. The van der Waals surface area contributed by atoms with Crippen molar-refractivity contribution in [3.8, 4) is 5.75 Å². The Kier molecular flexibility index (Phi) is 5.83. The highest BCUT2D eigenvalue weighted by Gasteiger charge is 2.28. The number of esters is 1. The van der Waals surface area contributed by atoms with Gasteiger partial charge in [0.2, 0.25) is 0 Å². The lowest BCUT2D eigenvalue weighted by Gasteiger charge is -2.22. The summed E-state index contributed by atoms with van der Waals surface area (Å²) < 4.78 is 15.1. The van der Waals surface area contributed by atoms with Gasteiger partial charge in [0.05, 0.1) is 18.2 Å². The molecule has 27 heavy (non-hydrogen) atoms. The van der Waals surface area contributed by atoms with Crippen molar-refractivity contribution in [1.29, 1.82) is 0 Å². The van der Waals surface area contributed by atoms with Crippen molar-refractivity contribution in [1.82, 2.24) is 15.5 Å². The topological polar surface area (TPSA) is 146 Å². The van der Waals surface area contributed by atoms with Gasteiger partial charge in [-0.1, -0.05) is 0 Å². The minimum atomic E-state index is -1.22. The van der Waals surface area contributed by atoms with Gasteiger partial charge in [0.15, 0.2) is 11.8 Å². The van der Waals surface area contributed by atoms with Crippen molar-refractivity contribution >= 4 is 28.7 Å². The number of rotatable bonds is 6. The molecule has 0 aliphatic heterocycles. The SMILES string of the molecule is COC(=O)[C@@H](COc1ccc2cn[nH]c2c1[N+](=O)[O-])NC(=O)OC(C)(C)C. The maximum absolute atomic E-state index is 11.9. The summed E-state index contributed by atoms with van der Waals surface area (Å²) in [7, 11) is 1.14. The van der Waals surface area contributed by atoms with Crippen LogP contribution in [0.2, 0.25) is 0 Å². The van der Waals surface area contributed by atoms with E-state index in [0.29, 0.717) is 5.39 Å². The molecule has 11 nitrogen and oxygen atoms in total. The molecule has 11 heteroatoms. The summed E-state index contributed by atoms with van der Waals surface area (Å²) in [5, 5.41) is 20.6. The number of benzene rings is 1. The summed E-state index contributed by atoms with van der Waals surface area (Å²) in [5.74, 6) is -0.872. The lowest BCUT2D eigenvalue weighted by molar-refractivity contribution is -0.384. The normalized spacial score (nSPS) is 12.3. The van der Waals surface area contributed by atoms with Crippen LogP contribution in [-0.2, 0) is 14.3 Å². The van der Waals surface area contributed by atoms with Crippen LogP contribution in [0.25, 0.3) is 10.9 Å². The van der Waals surface area contributed by atoms with Gasteiger partial charge < -0.3 is 19.5 Å². The number of aromatic nitrogens is 2. The average Bonchev–Trinajstić information content (AvgIpc) is 3.03. The van der Waals surface area contributed by atoms with Gasteiger partial charge in [0.25, 0.3) is 0 Å². The fourth-order valence-corrected chi connectivity index (χ4v) is 2.21. The van der Waals surface area contributed by atoms with Crippen molar-refractivity contribution in [2.45, 2.75) is 32.4 Å². The maximum atomic E-state index is 11.9. The number of hydrogen-bond donors (Lipinski definition) is 2. The van der Waals surface area contributed by atoms with Gasteiger partial charge >= 0.3 is 17.7 Å². The zero-order valence-electron chi connectivity index (χ0n) is 15.3. The van der Waals surface area contributed by atoms with Crippen LogP contribution in [0.15, 0.2) is 18.3 Å². The van der Waals surface area contributed by atoms with Crippen LogP contribution in [0, 0.1) is 10.1 Å². The lowest BCUT2D eigenvalue weighted by atomic mass is 10.2. The van der Waals surface area contributed by atoms with E-state index in [1.54, 1.807) is 26.8 Å². The third-order valence-electron chi connectivity index (χ3n) is 3.32. The Morgan fingerprint density at radius 2 is 2.07 bits per heavy atom. The summed E-state index contributed by atoms with van der Waals surface area (Å²) in [5.41, 5.74) is -0.908. The predicted molar refractivity (Wildman–Crippen MR) is 93.4 cm³/mol. The number of methoxy groups -OCH3 is 1. The van der Waals surface area contributed by atoms with Gasteiger partial charge in [0, 0.05) is 5.39 Å². The second-order valence-corrected chi connectivity index (χ2v) is 6.54. The van der Waals surface area contributed by atoms with Gasteiger partial charge in [-0.25, -0.2) is 9.59 Å². The number of hydrogen-bond acceptors (Lipinski definition) is 8. The van der Waals surface area contributed by atoms with Gasteiger partial charge in [-0.05, 0) is 32.9 Å². The van der Waals surface area contributed by atoms with E-state index in [1.807, 2.05) is 0 Å². The highest BCUT2D eigenvalue weighted by Crippen LogP contribution is 2.33. The Bertz CT molecular complexity index is 856. The molecular weight excluding hydrogens is 360 g/mol. The Hall–Kier alpha value is -3.37. The van der Waals surface area contributed by atoms with Crippen LogP contribution < -0.4 is 10.1 Å². The number of fused-ring (bicyclic) bond motifs is 1. The fourth-order valence-electron chi connectivity index (χ4n) is 2.21. The monoisotopic (exact) mass is 380 g/mol. The Morgan fingerprint density at radius 3 is 2.67 bits per heavy atom. The van der Waals surface area contributed by atoms with E-state index < -0.39 is 35.2 Å². The molecular formula is C16H20N4O7. The largest absolute Gasteiger partial charge is 0.484 e. The molecule has 0 unspecified atom stereocenters. The number of carbonyl (C=O) groups is 2. The molecule has 0 saturated heterocycles. The lowest BCUT2D eigenvalue weighted by Crippen LogP contribution is -2.47. The third-order valence-corrected chi connectivity index (χ3v) is 3.32. The molecule has 1 heterocycles. The first-order valence-electron chi connectivity index (χ1n) is 7.93. The van der Waals surface area contributed by atoms with Gasteiger partial charge in [-0.15, -0.1) is 0 Å². The molecule has 0 saturated carbocycles. The van der Waals surface area contributed by atoms with E-state index in [0.717, 1.165) is 7.11 Å². The molecule has 1 amide bonds. The van der Waals surface area contributed by atoms with Crippen LogP contribution in [-0.4, -0.2) is 52.5 Å². The van der Waals surface area contributed by atoms with Crippen LogP contribution >= 0.6 is 0 Å². The number of alkyl carbamates (subject to hydrolysis) is 1. The Balaban J connectivity index is 2.18. The number of ether oxygens (including phenoxy) is 3. The van der Waals surface area contributed by atoms with Crippen molar-refractivity contribution < 1.29 is 28.7 Å². The third kappa shape index (κ3) is 5.06. The first-order valence-corrected chi connectivity index (χ1v) is 7.93. The number of H-pyrrole nitrogens is 1. The fraction of sp³-hybridized carbons (Fsp3) is 0.438. The quantitative estimate of drug-likeness (QED) is 0.439. The van der Waals surface area contributed by atoms with Crippen LogP contribution in [0.1, 0.15) is 20.8 Å². The van der Waals surface area contributed by atoms with E-state index >= 15 is 0 Å². The molecule has 1 aromatic heterocycles. The number of amides is 1. The van der Waals surface area contributed by atoms with E-state index in [-0.39, 0.29) is 17.0 Å². The molecule has 0 spiro atoms. The minimum Gasteiger partial charge on any atom is -0.484 e. The molecule has 0 fully saturated rings. The molecule has 2 rings (SSSR count). The highest BCUT2D eigenvalue weighted by atomic mass is 16.6. The summed E-state index contributed by atoms with van der Waals surface area (Å²) in [6.07, 6.45) is 0.591. The minimum absolute atomic E-state index is 0.0864. The zero-order chi connectivity index (χ0) is 20.2. The standard InChI is InChI=1S/C16H20N4O7/c1-16(2,3)27-15(22)18-10(14(21)25-4)8-26-11-6-5-9-7-17-19-12(9)13(11)20(23)24/h5-7,10H,8H2,1-4H3,(H,17,19)(H,18,22)/t10-/m1/s1. The first-order chi connectivity index (χ1) is 12.6. The van der Waals surface area contributed by atoms with Crippen LogP contribution in [0.4, 0.5) is 10.5 Å². The summed E-state index contributed by atoms with van der Waals surface area (Å²) in [6.45, 7) is 4.60. The summed E-state index contributed by atoms with van der Waals surface area (Å²) in [6, 6.07) is 1.75. The first kappa shape index (κ1) is 19.9. The van der Waals surface area contributed by atoms with Crippen molar-refractivity contribution in [2.24, 2.45) is 0 Å². The second-order valence-electron chi connectivity index (χ2n) is 6.54. The zero-order valence-corrected chi connectivity index (χ0v) is 15.3. The van der Waals surface area contributed by atoms with Crippen LogP contribution in [0.3, 0.4) is 0 Å². The van der Waals surface area contributed by atoms with E-state index in [2.05, 4.69) is 20.3 Å². The van der Waals surface area contributed by atoms with Gasteiger partial charge in [0.1, 0.15) is 17.7 Å². The number of carbonyl (C=O) groups excluding carboxylic acids is 2. The van der Waals surface area contributed by atoms with Crippen LogP contribution in [0.5, 0.6) is 5.75 Å². The summed E-state index contributed by atoms with van der Waals surface area (Å²) >= 11 is 0. The Labute approximate surface area is 154 Å². The van der Waals surface area contributed by atoms with Crippen molar-refractivity contribution in [3.63, 3.8) is 0 Å². The molecule has 0 aliphatic rings. The van der Waals surface area contributed by atoms with E-state index in [4.69, 9.17) is 9.47 Å². The van der Waals surface area contributed by atoms with Gasteiger partial charge in [-0.2, -0.15) is 5.10 Å². The van der Waals surface area contributed by atoms with E-state index in [1.165, 1.54) is 12.3 Å². The smallest absolute Gasteiger partial charge is 0.408 e. The number of aromatic amines is 1. The molecule has 2 aromatic rings. The molecule has 146 valence electrons. The Morgan fingerprint density at radius 1 is 1.37 bits per heavy atom. The van der Waals surface area contributed by atoms with Gasteiger partial charge in [-0.3, -0.25) is 15.2 Å². The summed E-state index contributed by atoms with van der Waals surface area (Å²) in [4.78, 5) is 34.6. The molecule has 0 bridgehead atoms. The number of nitrogens with one attached hydrogen (secondary N) is 2.